The van der Waals surface area contributed by atoms with Gasteiger partial charge in [-0.2, -0.15) is 13.2 Å². The molecular weight excluding hydrogens is 529 g/mol. The molecule has 0 saturated carbocycles. The van der Waals surface area contributed by atoms with Crippen LogP contribution in [-0.4, -0.2) is 11.0 Å². The predicted octanol–water partition coefficient (Wildman–Crippen LogP) is 7.19. The first-order chi connectivity index (χ1) is 15.9. The lowest BCUT2D eigenvalue weighted by atomic mass is 10.2. The van der Waals surface area contributed by atoms with Crippen molar-refractivity contribution < 1.29 is 35.5 Å². The van der Waals surface area contributed by atoms with E-state index in [2.05, 4.69) is 5.32 Å². The van der Waals surface area contributed by atoms with Crippen molar-refractivity contribution >= 4 is 52.3 Å². The summed E-state index contributed by atoms with van der Waals surface area (Å²) in [5.74, 6) is -5.58. The molecular formula is C21H10ClF7N2OS2. The van der Waals surface area contributed by atoms with Crippen LogP contribution in [0.1, 0.15) is 15.9 Å². The van der Waals surface area contributed by atoms with E-state index in [-0.39, 0.29) is 14.8 Å². The van der Waals surface area contributed by atoms with Gasteiger partial charge >= 0.3 is 6.18 Å². The zero-order valence-electron chi connectivity index (χ0n) is 16.4. The van der Waals surface area contributed by atoms with E-state index in [0.717, 1.165) is 36.4 Å². The first-order valence-electron chi connectivity index (χ1n) is 8.97. The summed E-state index contributed by atoms with van der Waals surface area (Å²) in [5.41, 5.74) is -2.43. The molecule has 13 heteroatoms. The highest BCUT2D eigenvalue weighted by Crippen LogP contribution is 2.39. The van der Waals surface area contributed by atoms with Crippen LogP contribution in [0.25, 0.3) is 0 Å². The molecule has 1 amide bonds. The van der Waals surface area contributed by atoms with E-state index in [1.54, 1.807) is 0 Å². The molecule has 0 spiro atoms. The summed E-state index contributed by atoms with van der Waals surface area (Å²) in [6, 6.07) is 6.59. The van der Waals surface area contributed by atoms with Gasteiger partial charge in [-0.15, -0.1) is 0 Å². The van der Waals surface area contributed by atoms with Gasteiger partial charge in [0, 0.05) is 11.0 Å². The summed E-state index contributed by atoms with van der Waals surface area (Å²) in [7, 11) is 0. The summed E-state index contributed by atoms with van der Waals surface area (Å²) >= 11 is 11.2. The molecule has 3 rings (SSSR count). The number of carbonyl (C=O) groups is 1. The maximum absolute atomic E-state index is 14.5. The second-order valence-electron chi connectivity index (χ2n) is 6.51. The predicted molar refractivity (Wildman–Crippen MR) is 117 cm³/mol. The molecule has 34 heavy (non-hydrogen) atoms. The molecule has 3 aromatic carbocycles. The minimum atomic E-state index is -4.62. The Morgan fingerprint density at radius 2 is 1.53 bits per heavy atom. The van der Waals surface area contributed by atoms with Gasteiger partial charge in [-0.05, 0) is 48.6 Å². The van der Waals surface area contributed by atoms with Gasteiger partial charge in [0.25, 0.3) is 5.91 Å². The standard InChI is InChI=1S/C21H10ClF7N2OS2/c22-10-6-9(21(27,28)29)4-5-16(10)34-17-8-13(25)15(7-14(17)26)30-20(33)31-19(32)18-11(23)2-1-3-12(18)24/h1-8H,(H2,30,31,32,33). The van der Waals surface area contributed by atoms with Crippen molar-refractivity contribution in [1.82, 2.24) is 5.32 Å². The zero-order valence-corrected chi connectivity index (χ0v) is 18.8. The van der Waals surface area contributed by atoms with Crippen molar-refractivity contribution in [2.75, 3.05) is 5.32 Å². The minimum absolute atomic E-state index is 0.0448. The van der Waals surface area contributed by atoms with E-state index >= 15 is 0 Å². The van der Waals surface area contributed by atoms with Crippen LogP contribution in [0.15, 0.2) is 58.3 Å². The highest BCUT2D eigenvalue weighted by molar-refractivity contribution is 7.99. The Labute approximate surface area is 202 Å². The molecule has 0 atom stereocenters. The summed E-state index contributed by atoms with van der Waals surface area (Å²) in [5, 5.41) is 3.26. The summed E-state index contributed by atoms with van der Waals surface area (Å²) in [6.45, 7) is 0. The zero-order chi connectivity index (χ0) is 25.2. The monoisotopic (exact) mass is 538 g/mol. The number of benzene rings is 3. The molecule has 0 aromatic heterocycles. The number of alkyl halides is 3. The summed E-state index contributed by atoms with van der Waals surface area (Å²) in [4.78, 5) is 11.8. The largest absolute Gasteiger partial charge is 0.416 e. The third-order valence-electron chi connectivity index (χ3n) is 4.17. The average Bonchev–Trinajstić information content (AvgIpc) is 2.72. The first-order valence-corrected chi connectivity index (χ1v) is 10.6. The average molecular weight is 539 g/mol. The highest BCUT2D eigenvalue weighted by Gasteiger charge is 2.31. The van der Waals surface area contributed by atoms with Crippen molar-refractivity contribution in [1.29, 1.82) is 0 Å². The van der Waals surface area contributed by atoms with Gasteiger partial charge < -0.3 is 5.32 Å². The Hall–Kier alpha value is -2.83. The molecule has 0 aliphatic carbocycles. The van der Waals surface area contributed by atoms with Crippen LogP contribution in [0.3, 0.4) is 0 Å². The molecule has 0 bridgehead atoms. The lowest BCUT2D eigenvalue weighted by molar-refractivity contribution is -0.137. The number of amides is 1. The van der Waals surface area contributed by atoms with Crippen LogP contribution in [0, 0.1) is 23.3 Å². The SMILES string of the molecule is O=C(NC(=S)Nc1cc(F)c(Sc2ccc(C(F)(F)F)cc2Cl)cc1F)c1c(F)cccc1F. The Morgan fingerprint density at radius 1 is 0.882 bits per heavy atom. The second kappa shape index (κ2) is 10.2. The molecule has 0 aliphatic rings. The molecule has 0 aliphatic heterocycles. The van der Waals surface area contributed by atoms with Gasteiger partial charge in [0.1, 0.15) is 28.8 Å². The van der Waals surface area contributed by atoms with Crippen LogP contribution in [0.4, 0.5) is 36.4 Å². The van der Waals surface area contributed by atoms with Crippen LogP contribution < -0.4 is 10.6 Å². The van der Waals surface area contributed by atoms with E-state index in [0.29, 0.717) is 23.9 Å². The summed E-state index contributed by atoms with van der Waals surface area (Å²) < 4.78 is 94.6. The maximum Gasteiger partial charge on any atom is 0.416 e. The molecule has 0 radical (unpaired) electrons. The lowest BCUT2D eigenvalue weighted by Gasteiger charge is -2.13. The number of rotatable bonds is 4. The number of halogens is 8. The molecule has 0 fully saturated rings. The first kappa shape index (κ1) is 25.8. The van der Waals surface area contributed by atoms with Crippen molar-refractivity contribution in [2.24, 2.45) is 0 Å². The Bertz CT molecular complexity index is 1260. The van der Waals surface area contributed by atoms with Gasteiger partial charge in [0.05, 0.1) is 21.2 Å². The van der Waals surface area contributed by atoms with Crippen molar-refractivity contribution in [2.45, 2.75) is 16.0 Å². The van der Waals surface area contributed by atoms with Gasteiger partial charge in [-0.25, -0.2) is 17.6 Å². The van der Waals surface area contributed by atoms with E-state index in [9.17, 15) is 35.5 Å². The van der Waals surface area contributed by atoms with Gasteiger partial charge in [0.15, 0.2) is 5.11 Å². The molecule has 3 aromatic rings. The van der Waals surface area contributed by atoms with Crippen molar-refractivity contribution in [3.05, 3.63) is 87.9 Å². The Kier molecular flexibility index (Phi) is 7.74. The summed E-state index contributed by atoms with van der Waals surface area (Å²) in [6.07, 6.45) is -4.62. The van der Waals surface area contributed by atoms with Gasteiger partial charge in [0.2, 0.25) is 0 Å². The number of anilines is 1. The Balaban J connectivity index is 1.74. The number of carbonyl (C=O) groups excluding carboxylic acids is 1. The number of nitrogens with one attached hydrogen (secondary N) is 2. The number of hydrogen-bond acceptors (Lipinski definition) is 3. The van der Waals surface area contributed by atoms with Crippen molar-refractivity contribution in [3.8, 4) is 0 Å². The van der Waals surface area contributed by atoms with E-state index < -0.39 is 57.3 Å². The lowest BCUT2D eigenvalue weighted by Crippen LogP contribution is -2.35. The quantitative estimate of drug-likeness (QED) is 0.272. The molecule has 0 heterocycles. The smallest absolute Gasteiger partial charge is 0.330 e. The fraction of sp³-hybridized carbons (Fsp3) is 0.0476. The van der Waals surface area contributed by atoms with Gasteiger partial charge in [-0.1, -0.05) is 29.4 Å². The van der Waals surface area contributed by atoms with Gasteiger partial charge in [-0.3, -0.25) is 10.1 Å². The van der Waals surface area contributed by atoms with E-state index in [1.807, 2.05) is 5.32 Å². The van der Waals surface area contributed by atoms with E-state index in [1.165, 1.54) is 0 Å². The third kappa shape index (κ3) is 5.99. The molecule has 2 N–H and O–H groups in total. The van der Waals surface area contributed by atoms with Crippen LogP contribution >= 0.6 is 35.6 Å². The Morgan fingerprint density at radius 3 is 2.12 bits per heavy atom. The number of hydrogen-bond donors (Lipinski definition) is 2. The minimum Gasteiger partial charge on any atom is -0.330 e. The molecule has 178 valence electrons. The highest BCUT2D eigenvalue weighted by atomic mass is 35.5. The van der Waals surface area contributed by atoms with Crippen LogP contribution in [0.2, 0.25) is 5.02 Å². The van der Waals surface area contributed by atoms with Crippen molar-refractivity contribution in [3.63, 3.8) is 0 Å². The maximum atomic E-state index is 14.5. The fourth-order valence-electron chi connectivity index (χ4n) is 2.61. The third-order valence-corrected chi connectivity index (χ3v) is 5.90. The molecule has 0 saturated heterocycles. The molecule has 3 nitrogen and oxygen atoms in total. The van der Waals surface area contributed by atoms with E-state index in [4.69, 9.17) is 23.8 Å². The molecule has 0 unspecified atom stereocenters. The normalized spacial score (nSPS) is 11.3. The van der Waals surface area contributed by atoms with Crippen LogP contribution in [0.5, 0.6) is 0 Å². The topological polar surface area (TPSA) is 41.1 Å². The number of thiocarbonyl (C=S) groups is 1. The second-order valence-corrected chi connectivity index (χ2v) is 8.41. The fourth-order valence-corrected chi connectivity index (χ4v) is 3.96. The van der Waals surface area contributed by atoms with Crippen LogP contribution in [-0.2, 0) is 6.18 Å².